The topological polar surface area (TPSA) is 64.3 Å². The van der Waals surface area contributed by atoms with Gasteiger partial charge in [0, 0.05) is 12.6 Å². The third-order valence-corrected chi connectivity index (χ3v) is 1.53. The van der Waals surface area contributed by atoms with Crippen LogP contribution in [0.25, 0.3) is 0 Å². The van der Waals surface area contributed by atoms with Crippen LogP contribution in [0.4, 0.5) is 0 Å². The van der Waals surface area contributed by atoms with Gasteiger partial charge in [0.05, 0.1) is 12.6 Å². The van der Waals surface area contributed by atoms with Gasteiger partial charge >= 0.3 is 0 Å². The molecule has 0 spiro atoms. The van der Waals surface area contributed by atoms with Crippen molar-refractivity contribution in [3.05, 3.63) is 0 Å². The van der Waals surface area contributed by atoms with Crippen molar-refractivity contribution in [3.8, 4) is 0 Å². The highest BCUT2D eigenvalue weighted by atomic mass is 16.5. The second-order valence-electron chi connectivity index (χ2n) is 2.85. The Kier molecular flexibility index (Phi) is 5.66. The number of rotatable bonds is 6. The molecule has 0 aliphatic heterocycles. The van der Waals surface area contributed by atoms with E-state index in [1.807, 2.05) is 13.8 Å². The van der Waals surface area contributed by atoms with Crippen molar-refractivity contribution in [1.82, 2.24) is 5.32 Å². The fraction of sp³-hybridized carbons (Fsp3) is 0.875. The average Bonchev–Trinajstić information content (AvgIpc) is 2.00. The molecule has 3 N–H and O–H groups in total. The maximum atomic E-state index is 10.6. The summed E-state index contributed by atoms with van der Waals surface area (Å²) in [5.74, 6) is -0.335. The summed E-state index contributed by atoms with van der Waals surface area (Å²) in [6, 6.07) is -0.132. The van der Waals surface area contributed by atoms with Gasteiger partial charge in [-0.1, -0.05) is 0 Å². The molecule has 4 nitrogen and oxygen atoms in total. The largest absolute Gasteiger partial charge is 0.380 e. The Morgan fingerprint density at radius 3 is 2.58 bits per heavy atom. The predicted molar refractivity (Wildman–Crippen MR) is 47.7 cm³/mol. The minimum atomic E-state index is -0.335. The third-order valence-electron chi connectivity index (χ3n) is 1.53. The number of ether oxygens (including phenoxy) is 1. The summed E-state index contributed by atoms with van der Waals surface area (Å²) < 4.78 is 5.16. The summed E-state index contributed by atoms with van der Waals surface area (Å²) in [6.45, 7) is 6.93. The molecular weight excluding hydrogens is 156 g/mol. The zero-order valence-corrected chi connectivity index (χ0v) is 7.96. The van der Waals surface area contributed by atoms with Crippen LogP contribution in [0.2, 0.25) is 0 Å². The van der Waals surface area contributed by atoms with Gasteiger partial charge in [-0.25, -0.2) is 0 Å². The fourth-order valence-electron chi connectivity index (χ4n) is 0.852. The zero-order valence-electron chi connectivity index (χ0n) is 7.96. The van der Waals surface area contributed by atoms with Crippen LogP contribution in [-0.4, -0.2) is 31.2 Å². The summed E-state index contributed by atoms with van der Waals surface area (Å²) in [4.78, 5) is 10.6. The number of primary amides is 1. The highest BCUT2D eigenvalue weighted by Gasteiger charge is 2.11. The molecule has 2 atom stereocenters. The van der Waals surface area contributed by atoms with Crippen molar-refractivity contribution in [2.75, 3.05) is 13.2 Å². The van der Waals surface area contributed by atoms with Crippen LogP contribution in [-0.2, 0) is 9.53 Å². The molecule has 0 aliphatic rings. The maximum Gasteiger partial charge on any atom is 0.234 e. The van der Waals surface area contributed by atoms with Gasteiger partial charge in [-0.2, -0.15) is 0 Å². The Morgan fingerprint density at radius 1 is 1.58 bits per heavy atom. The lowest BCUT2D eigenvalue weighted by Crippen LogP contribution is -2.45. The van der Waals surface area contributed by atoms with Gasteiger partial charge in [0.2, 0.25) is 5.91 Å². The SMILES string of the molecule is CCOCC(C)N[C@@H](C)C(N)=O. The van der Waals surface area contributed by atoms with Gasteiger partial charge < -0.3 is 15.8 Å². The first kappa shape index (κ1) is 11.4. The lowest BCUT2D eigenvalue weighted by molar-refractivity contribution is -0.119. The van der Waals surface area contributed by atoms with E-state index in [1.54, 1.807) is 6.92 Å². The molecule has 0 bridgehead atoms. The molecule has 0 aromatic rings. The summed E-state index contributed by atoms with van der Waals surface area (Å²) in [5.41, 5.74) is 5.07. The first-order chi connectivity index (χ1) is 5.57. The van der Waals surface area contributed by atoms with E-state index in [1.165, 1.54) is 0 Å². The normalized spacial score (nSPS) is 15.6. The zero-order chi connectivity index (χ0) is 9.56. The molecule has 12 heavy (non-hydrogen) atoms. The van der Waals surface area contributed by atoms with Crippen LogP contribution in [0.15, 0.2) is 0 Å². The molecule has 0 saturated heterocycles. The van der Waals surface area contributed by atoms with Crippen LogP contribution in [0.3, 0.4) is 0 Å². The molecule has 0 radical (unpaired) electrons. The minimum absolute atomic E-state index is 0.160. The minimum Gasteiger partial charge on any atom is -0.380 e. The van der Waals surface area contributed by atoms with Crippen LogP contribution in [0.1, 0.15) is 20.8 Å². The molecular formula is C8H18N2O2. The van der Waals surface area contributed by atoms with E-state index in [0.717, 1.165) is 0 Å². The molecule has 0 aromatic carbocycles. The van der Waals surface area contributed by atoms with E-state index >= 15 is 0 Å². The predicted octanol–water partition coefficient (Wildman–Crippen LogP) is -0.125. The molecule has 1 unspecified atom stereocenters. The molecule has 0 aliphatic carbocycles. The van der Waals surface area contributed by atoms with E-state index < -0.39 is 0 Å². The Labute approximate surface area is 73.5 Å². The van der Waals surface area contributed by atoms with E-state index in [9.17, 15) is 4.79 Å². The van der Waals surface area contributed by atoms with Crippen LogP contribution >= 0.6 is 0 Å². The van der Waals surface area contributed by atoms with Gasteiger partial charge in [0.25, 0.3) is 0 Å². The van der Waals surface area contributed by atoms with Crippen molar-refractivity contribution >= 4 is 5.91 Å². The number of carbonyl (C=O) groups excluding carboxylic acids is 1. The number of nitrogens with one attached hydrogen (secondary N) is 1. The molecule has 0 fully saturated rings. The van der Waals surface area contributed by atoms with Crippen LogP contribution in [0, 0.1) is 0 Å². The smallest absolute Gasteiger partial charge is 0.234 e. The number of hydrogen-bond acceptors (Lipinski definition) is 3. The monoisotopic (exact) mass is 174 g/mol. The van der Waals surface area contributed by atoms with Crippen LogP contribution in [0.5, 0.6) is 0 Å². The molecule has 0 heterocycles. The summed E-state index contributed by atoms with van der Waals surface area (Å²) in [5, 5.41) is 3.01. The highest BCUT2D eigenvalue weighted by Crippen LogP contribution is 1.88. The first-order valence-electron chi connectivity index (χ1n) is 4.21. The van der Waals surface area contributed by atoms with Gasteiger partial charge in [-0.15, -0.1) is 0 Å². The van der Waals surface area contributed by atoms with E-state index in [2.05, 4.69) is 5.32 Å². The Balaban J connectivity index is 3.53. The molecule has 0 aromatic heterocycles. The Bertz CT molecular complexity index is 139. The molecule has 1 amide bonds. The van der Waals surface area contributed by atoms with Crippen molar-refractivity contribution in [2.24, 2.45) is 5.73 Å². The number of amides is 1. The summed E-state index contributed by atoms with van der Waals surface area (Å²) in [7, 11) is 0. The number of carbonyl (C=O) groups is 1. The van der Waals surface area contributed by atoms with Crippen LogP contribution < -0.4 is 11.1 Å². The molecule has 0 rings (SSSR count). The fourth-order valence-corrected chi connectivity index (χ4v) is 0.852. The Hall–Kier alpha value is -0.610. The number of hydrogen-bond donors (Lipinski definition) is 2. The Morgan fingerprint density at radius 2 is 2.17 bits per heavy atom. The van der Waals surface area contributed by atoms with E-state index in [-0.39, 0.29) is 18.0 Å². The first-order valence-corrected chi connectivity index (χ1v) is 4.21. The van der Waals surface area contributed by atoms with Gasteiger partial charge in [-0.3, -0.25) is 4.79 Å². The molecule has 4 heteroatoms. The molecule has 0 saturated carbocycles. The van der Waals surface area contributed by atoms with Crippen molar-refractivity contribution in [3.63, 3.8) is 0 Å². The van der Waals surface area contributed by atoms with Crippen molar-refractivity contribution in [2.45, 2.75) is 32.9 Å². The second-order valence-corrected chi connectivity index (χ2v) is 2.85. The average molecular weight is 174 g/mol. The standard InChI is InChI=1S/C8H18N2O2/c1-4-12-5-6(2)10-7(3)8(9)11/h6-7,10H,4-5H2,1-3H3,(H2,9,11)/t6?,7-/m0/s1. The number of nitrogens with two attached hydrogens (primary N) is 1. The van der Waals surface area contributed by atoms with E-state index in [0.29, 0.717) is 13.2 Å². The second kappa shape index (κ2) is 5.97. The quantitative estimate of drug-likeness (QED) is 0.590. The lowest BCUT2D eigenvalue weighted by atomic mass is 10.2. The van der Waals surface area contributed by atoms with Gasteiger partial charge in [0.1, 0.15) is 0 Å². The maximum absolute atomic E-state index is 10.6. The summed E-state index contributed by atoms with van der Waals surface area (Å²) >= 11 is 0. The van der Waals surface area contributed by atoms with Crippen molar-refractivity contribution < 1.29 is 9.53 Å². The molecule has 72 valence electrons. The lowest BCUT2D eigenvalue weighted by Gasteiger charge is -2.16. The van der Waals surface area contributed by atoms with Gasteiger partial charge in [-0.05, 0) is 20.8 Å². The van der Waals surface area contributed by atoms with E-state index in [4.69, 9.17) is 10.5 Å². The van der Waals surface area contributed by atoms with Gasteiger partial charge in [0.15, 0.2) is 0 Å². The van der Waals surface area contributed by atoms with Crippen molar-refractivity contribution in [1.29, 1.82) is 0 Å². The highest BCUT2D eigenvalue weighted by molar-refractivity contribution is 5.79. The summed E-state index contributed by atoms with van der Waals surface area (Å²) in [6.07, 6.45) is 0. The third kappa shape index (κ3) is 5.09.